The normalized spacial score (nSPS) is 14.1. The molecule has 1 saturated heterocycles. The van der Waals surface area contributed by atoms with Gasteiger partial charge in [0.05, 0.1) is 0 Å². The molecule has 0 radical (unpaired) electrons. The fourth-order valence-electron chi connectivity index (χ4n) is 1.10. The van der Waals surface area contributed by atoms with Gasteiger partial charge >= 0.3 is 0 Å². The molecule has 0 aromatic carbocycles. The molecule has 1 rings (SSSR count). The number of hydrogen-bond acceptors (Lipinski definition) is 2. The SMILES string of the molecule is CC.CC.CCN1CCCC1.CO. The first-order valence-electron chi connectivity index (χ1n) is 5.60. The second kappa shape index (κ2) is 22.7. The first-order chi connectivity index (χ1) is 6.43. The van der Waals surface area contributed by atoms with Crippen molar-refractivity contribution in [2.75, 3.05) is 26.7 Å². The molecule has 0 unspecified atom stereocenters. The monoisotopic (exact) mass is 191 g/mol. The molecule has 0 amide bonds. The predicted octanol–water partition coefficient (Wildman–Crippen LogP) is 2.76. The Morgan fingerprint density at radius 2 is 1.23 bits per heavy atom. The van der Waals surface area contributed by atoms with Crippen molar-refractivity contribution in [2.24, 2.45) is 0 Å². The zero-order valence-electron chi connectivity index (χ0n) is 10.4. The van der Waals surface area contributed by atoms with Crippen LogP contribution in [0.4, 0.5) is 0 Å². The molecule has 1 aliphatic heterocycles. The molecule has 1 N–H and O–H groups in total. The van der Waals surface area contributed by atoms with Gasteiger partial charge in [-0.3, -0.25) is 0 Å². The van der Waals surface area contributed by atoms with Crippen LogP contribution in [0.25, 0.3) is 0 Å². The standard InChI is InChI=1S/C6H13N.2C2H6.CH4O/c1-2-7-5-3-4-6-7;3*1-2/h2-6H2,1H3;2*1-2H3;2H,1H3. The first-order valence-corrected chi connectivity index (χ1v) is 5.60. The Hall–Kier alpha value is -0.0800. The van der Waals surface area contributed by atoms with E-state index in [0.29, 0.717) is 0 Å². The third-order valence-electron chi connectivity index (χ3n) is 1.65. The van der Waals surface area contributed by atoms with Crippen molar-refractivity contribution in [3.63, 3.8) is 0 Å². The highest BCUT2D eigenvalue weighted by molar-refractivity contribution is 4.62. The summed E-state index contributed by atoms with van der Waals surface area (Å²) in [6, 6.07) is 0. The molecule has 0 spiro atoms. The van der Waals surface area contributed by atoms with Gasteiger partial charge in [0.2, 0.25) is 0 Å². The van der Waals surface area contributed by atoms with E-state index in [9.17, 15) is 0 Å². The zero-order valence-corrected chi connectivity index (χ0v) is 10.4. The van der Waals surface area contributed by atoms with E-state index < -0.39 is 0 Å². The summed E-state index contributed by atoms with van der Waals surface area (Å²) in [5.74, 6) is 0. The van der Waals surface area contributed by atoms with Crippen molar-refractivity contribution in [2.45, 2.75) is 47.5 Å². The average molecular weight is 191 g/mol. The van der Waals surface area contributed by atoms with Crippen LogP contribution in [-0.2, 0) is 0 Å². The maximum absolute atomic E-state index is 7.00. The molecule has 0 saturated carbocycles. The Morgan fingerprint density at radius 3 is 1.38 bits per heavy atom. The van der Waals surface area contributed by atoms with Gasteiger partial charge in [-0.25, -0.2) is 0 Å². The summed E-state index contributed by atoms with van der Waals surface area (Å²) in [5.41, 5.74) is 0. The fraction of sp³-hybridized carbons (Fsp3) is 1.00. The summed E-state index contributed by atoms with van der Waals surface area (Å²) in [5, 5.41) is 7.00. The largest absolute Gasteiger partial charge is 0.400 e. The van der Waals surface area contributed by atoms with Crippen LogP contribution in [0.15, 0.2) is 0 Å². The summed E-state index contributed by atoms with van der Waals surface area (Å²) in [6.07, 6.45) is 2.85. The highest BCUT2D eigenvalue weighted by atomic mass is 16.2. The van der Waals surface area contributed by atoms with E-state index in [1.165, 1.54) is 32.5 Å². The summed E-state index contributed by atoms with van der Waals surface area (Å²) in [7, 11) is 1.00. The summed E-state index contributed by atoms with van der Waals surface area (Å²) >= 11 is 0. The Kier molecular flexibility index (Phi) is 32.5. The zero-order chi connectivity index (χ0) is 11.1. The molecule has 1 heterocycles. The quantitative estimate of drug-likeness (QED) is 0.689. The molecule has 0 aliphatic carbocycles. The molecule has 1 fully saturated rings. The van der Waals surface area contributed by atoms with Gasteiger partial charge in [0, 0.05) is 7.11 Å². The van der Waals surface area contributed by atoms with E-state index in [2.05, 4.69) is 11.8 Å². The van der Waals surface area contributed by atoms with Crippen molar-refractivity contribution in [1.82, 2.24) is 4.90 Å². The number of likely N-dealkylation sites (tertiary alicyclic amines) is 1. The van der Waals surface area contributed by atoms with Gasteiger partial charge in [-0.2, -0.15) is 0 Å². The lowest BCUT2D eigenvalue weighted by Crippen LogP contribution is -2.17. The molecule has 1 aliphatic rings. The molecule has 13 heavy (non-hydrogen) atoms. The lowest BCUT2D eigenvalue weighted by molar-refractivity contribution is 0.359. The second-order valence-electron chi connectivity index (χ2n) is 2.14. The number of aliphatic hydroxyl groups is 1. The Labute approximate surface area is 85.0 Å². The van der Waals surface area contributed by atoms with Crippen molar-refractivity contribution in [3.8, 4) is 0 Å². The molecule has 0 bridgehead atoms. The Balaban J connectivity index is -0.000000144. The molecular weight excluding hydrogens is 162 g/mol. The molecule has 2 nitrogen and oxygen atoms in total. The number of nitrogens with zero attached hydrogens (tertiary/aromatic N) is 1. The van der Waals surface area contributed by atoms with Gasteiger partial charge in [-0.15, -0.1) is 0 Å². The molecular formula is C11H29NO. The number of aliphatic hydroxyl groups excluding tert-OH is 1. The highest BCUT2D eigenvalue weighted by Crippen LogP contribution is 2.04. The molecule has 0 aromatic rings. The lowest BCUT2D eigenvalue weighted by atomic mass is 10.4. The van der Waals surface area contributed by atoms with Crippen LogP contribution in [0, 0.1) is 0 Å². The smallest absolute Gasteiger partial charge is 0.0319 e. The minimum atomic E-state index is 1.00. The lowest BCUT2D eigenvalue weighted by Gasteiger charge is -2.08. The van der Waals surface area contributed by atoms with Gasteiger partial charge in [-0.05, 0) is 32.5 Å². The van der Waals surface area contributed by atoms with E-state index >= 15 is 0 Å². The third kappa shape index (κ3) is 14.7. The van der Waals surface area contributed by atoms with Gasteiger partial charge < -0.3 is 10.0 Å². The van der Waals surface area contributed by atoms with Gasteiger partial charge in [-0.1, -0.05) is 34.6 Å². The Bertz CT molecular complexity index is 52.1. The maximum Gasteiger partial charge on any atom is 0.0319 e. The molecule has 84 valence electrons. The average Bonchev–Trinajstić information content (AvgIpc) is 2.79. The minimum absolute atomic E-state index is 1.00. The van der Waals surface area contributed by atoms with E-state index in [4.69, 9.17) is 5.11 Å². The van der Waals surface area contributed by atoms with Crippen molar-refractivity contribution in [1.29, 1.82) is 0 Å². The summed E-state index contributed by atoms with van der Waals surface area (Å²) in [6.45, 7) is 14.2. The maximum atomic E-state index is 7.00. The van der Waals surface area contributed by atoms with E-state index in [1.54, 1.807) is 0 Å². The van der Waals surface area contributed by atoms with Crippen LogP contribution in [0.1, 0.15) is 47.5 Å². The third-order valence-corrected chi connectivity index (χ3v) is 1.65. The van der Waals surface area contributed by atoms with Crippen molar-refractivity contribution >= 4 is 0 Å². The van der Waals surface area contributed by atoms with Gasteiger partial charge in [0.1, 0.15) is 0 Å². The van der Waals surface area contributed by atoms with E-state index in [1.807, 2.05) is 27.7 Å². The van der Waals surface area contributed by atoms with Crippen LogP contribution < -0.4 is 0 Å². The van der Waals surface area contributed by atoms with Gasteiger partial charge in [0.25, 0.3) is 0 Å². The number of rotatable bonds is 1. The predicted molar refractivity (Wildman–Crippen MR) is 62.2 cm³/mol. The Morgan fingerprint density at radius 1 is 0.923 bits per heavy atom. The molecule has 2 heteroatoms. The van der Waals surface area contributed by atoms with Crippen molar-refractivity contribution < 1.29 is 5.11 Å². The fourth-order valence-corrected chi connectivity index (χ4v) is 1.10. The van der Waals surface area contributed by atoms with Crippen LogP contribution >= 0.6 is 0 Å². The molecule has 0 atom stereocenters. The van der Waals surface area contributed by atoms with Crippen molar-refractivity contribution in [3.05, 3.63) is 0 Å². The van der Waals surface area contributed by atoms with E-state index in [0.717, 1.165) is 7.11 Å². The number of hydrogen-bond donors (Lipinski definition) is 1. The first kappa shape index (κ1) is 18.7. The summed E-state index contributed by atoms with van der Waals surface area (Å²) < 4.78 is 0. The highest BCUT2D eigenvalue weighted by Gasteiger charge is 2.06. The second-order valence-corrected chi connectivity index (χ2v) is 2.14. The van der Waals surface area contributed by atoms with Crippen LogP contribution in [0.2, 0.25) is 0 Å². The summed E-state index contributed by atoms with van der Waals surface area (Å²) in [4.78, 5) is 2.49. The van der Waals surface area contributed by atoms with E-state index in [-0.39, 0.29) is 0 Å². The van der Waals surface area contributed by atoms with Crippen LogP contribution in [-0.4, -0.2) is 36.8 Å². The van der Waals surface area contributed by atoms with Gasteiger partial charge in [0.15, 0.2) is 0 Å². The van der Waals surface area contributed by atoms with Crippen LogP contribution in [0.5, 0.6) is 0 Å². The topological polar surface area (TPSA) is 23.5 Å². The van der Waals surface area contributed by atoms with Crippen LogP contribution in [0.3, 0.4) is 0 Å². The molecule has 0 aromatic heterocycles. The minimum Gasteiger partial charge on any atom is -0.400 e.